The van der Waals surface area contributed by atoms with Crippen molar-refractivity contribution in [3.63, 3.8) is 0 Å². The Kier molecular flexibility index (Phi) is 3.23. The van der Waals surface area contributed by atoms with Gasteiger partial charge in [0.1, 0.15) is 5.75 Å². The summed E-state index contributed by atoms with van der Waals surface area (Å²) in [5.41, 5.74) is 8.39. The van der Waals surface area contributed by atoms with Crippen LogP contribution in [-0.2, 0) is 0 Å². The third-order valence-electron chi connectivity index (χ3n) is 4.25. The highest BCUT2D eigenvalue weighted by atomic mass is 16.5. The first kappa shape index (κ1) is 13.8. The van der Waals surface area contributed by atoms with Gasteiger partial charge in [-0.3, -0.25) is 4.98 Å². The first-order valence-corrected chi connectivity index (χ1v) is 7.69. The number of methoxy groups -OCH3 is 1. The quantitative estimate of drug-likeness (QED) is 0.521. The van der Waals surface area contributed by atoms with E-state index in [0.29, 0.717) is 0 Å². The summed E-state index contributed by atoms with van der Waals surface area (Å²) in [6.07, 6.45) is 4.09. The molecule has 0 unspecified atom stereocenters. The Hall–Kier alpha value is -2.87. The highest BCUT2D eigenvalue weighted by molar-refractivity contribution is 6.05. The molecular weight excluding hydrogens is 282 g/mol. The lowest BCUT2D eigenvalue weighted by Crippen LogP contribution is -1.85. The largest absolute Gasteiger partial charge is 0.497 e. The number of fused-ring (bicyclic) bond motifs is 3. The Bertz CT molecular complexity index is 907. The summed E-state index contributed by atoms with van der Waals surface area (Å²) in [6.45, 7) is 2.13. The average Bonchev–Trinajstić information content (AvgIpc) is 2.89. The maximum Gasteiger partial charge on any atom is 0.118 e. The molecule has 1 aliphatic carbocycles. The van der Waals surface area contributed by atoms with Gasteiger partial charge in [-0.25, -0.2) is 0 Å². The van der Waals surface area contributed by atoms with Crippen molar-refractivity contribution in [2.45, 2.75) is 6.92 Å². The number of benzene rings is 2. The number of rotatable bonds is 2. The van der Waals surface area contributed by atoms with Crippen molar-refractivity contribution < 1.29 is 4.74 Å². The molecule has 23 heavy (non-hydrogen) atoms. The van der Waals surface area contributed by atoms with Crippen LogP contribution in [-0.4, -0.2) is 12.1 Å². The molecule has 1 aromatic heterocycles. The van der Waals surface area contributed by atoms with Gasteiger partial charge < -0.3 is 4.74 Å². The van der Waals surface area contributed by atoms with E-state index >= 15 is 0 Å². The van der Waals surface area contributed by atoms with Crippen LogP contribution < -0.4 is 4.74 Å². The molecule has 0 aliphatic heterocycles. The predicted octanol–water partition coefficient (Wildman–Crippen LogP) is 4.97. The third kappa shape index (κ3) is 2.33. The molecule has 0 fully saturated rings. The van der Waals surface area contributed by atoms with Crippen LogP contribution in [0.3, 0.4) is 0 Å². The SMILES string of the molecule is COc1ccc(C=C2c3cc(C)ccc3-c3ncccc32)cc1. The summed E-state index contributed by atoms with van der Waals surface area (Å²) in [5.74, 6) is 0.872. The highest BCUT2D eigenvalue weighted by Crippen LogP contribution is 2.44. The van der Waals surface area contributed by atoms with Crippen LogP contribution in [0.1, 0.15) is 22.3 Å². The molecule has 0 N–H and O–H groups in total. The first-order valence-electron chi connectivity index (χ1n) is 7.69. The van der Waals surface area contributed by atoms with Gasteiger partial charge in [0.25, 0.3) is 0 Å². The van der Waals surface area contributed by atoms with E-state index in [0.717, 1.165) is 17.0 Å². The monoisotopic (exact) mass is 299 g/mol. The summed E-state index contributed by atoms with van der Waals surface area (Å²) in [4.78, 5) is 4.59. The van der Waals surface area contributed by atoms with Crippen LogP contribution in [0.15, 0.2) is 60.8 Å². The van der Waals surface area contributed by atoms with Crippen LogP contribution in [0.4, 0.5) is 0 Å². The van der Waals surface area contributed by atoms with Gasteiger partial charge in [0.2, 0.25) is 0 Å². The number of aryl methyl sites for hydroxylation is 1. The van der Waals surface area contributed by atoms with Crippen molar-refractivity contribution in [2.75, 3.05) is 7.11 Å². The molecule has 1 heterocycles. The lowest BCUT2D eigenvalue weighted by molar-refractivity contribution is 0.415. The Morgan fingerprint density at radius 2 is 1.74 bits per heavy atom. The molecule has 0 amide bonds. The van der Waals surface area contributed by atoms with Crippen LogP contribution in [0.25, 0.3) is 22.9 Å². The standard InChI is InChI=1S/C21H17NO/c1-14-5-10-18-19(12-14)20(17-4-3-11-22-21(17)18)13-15-6-8-16(23-2)9-7-15/h3-13H,1-2H3. The molecule has 0 saturated carbocycles. The minimum atomic E-state index is 0.872. The zero-order valence-corrected chi connectivity index (χ0v) is 13.2. The van der Waals surface area contributed by atoms with E-state index in [1.165, 1.54) is 27.8 Å². The van der Waals surface area contributed by atoms with Crippen molar-refractivity contribution >= 4 is 11.6 Å². The number of ether oxygens (including phenoxy) is 1. The zero-order chi connectivity index (χ0) is 15.8. The molecule has 3 aromatic rings. The van der Waals surface area contributed by atoms with Gasteiger partial charge in [-0.1, -0.05) is 42.0 Å². The van der Waals surface area contributed by atoms with Crippen LogP contribution in [0.5, 0.6) is 5.75 Å². The normalized spacial score (nSPS) is 13.7. The molecular formula is C21H17NO. The van der Waals surface area contributed by atoms with Gasteiger partial charge in [-0.2, -0.15) is 0 Å². The van der Waals surface area contributed by atoms with Crippen LogP contribution in [0, 0.1) is 6.92 Å². The van der Waals surface area contributed by atoms with E-state index in [4.69, 9.17) is 4.74 Å². The Morgan fingerprint density at radius 1 is 0.913 bits per heavy atom. The Labute approximate surface area is 136 Å². The summed E-state index contributed by atoms with van der Waals surface area (Å²) in [5, 5.41) is 0. The molecule has 2 heteroatoms. The number of nitrogens with zero attached hydrogens (tertiary/aromatic N) is 1. The van der Waals surface area contributed by atoms with E-state index < -0.39 is 0 Å². The van der Waals surface area contributed by atoms with Gasteiger partial charge >= 0.3 is 0 Å². The fraction of sp³-hybridized carbons (Fsp3) is 0.0952. The topological polar surface area (TPSA) is 22.1 Å². The Balaban J connectivity index is 1.90. The van der Waals surface area contributed by atoms with Crippen molar-refractivity contribution in [1.82, 2.24) is 4.98 Å². The van der Waals surface area contributed by atoms with Crippen molar-refractivity contribution in [2.24, 2.45) is 0 Å². The summed E-state index contributed by atoms with van der Waals surface area (Å²) >= 11 is 0. The number of aromatic nitrogens is 1. The average molecular weight is 299 g/mol. The molecule has 0 radical (unpaired) electrons. The number of pyridine rings is 1. The fourth-order valence-corrected chi connectivity index (χ4v) is 3.09. The second kappa shape index (κ2) is 5.40. The molecule has 4 rings (SSSR count). The second-order valence-corrected chi connectivity index (χ2v) is 5.78. The van der Waals surface area contributed by atoms with E-state index in [1.807, 2.05) is 24.4 Å². The van der Waals surface area contributed by atoms with Crippen LogP contribution >= 0.6 is 0 Å². The number of hydrogen-bond acceptors (Lipinski definition) is 2. The first-order chi connectivity index (χ1) is 11.3. The molecule has 1 aliphatic rings. The van der Waals surface area contributed by atoms with E-state index in [-0.39, 0.29) is 0 Å². The molecule has 2 aromatic carbocycles. The summed E-state index contributed by atoms with van der Waals surface area (Å²) in [6, 6.07) is 18.8. The maximum atomic E-state index is 5.24. The molecule has 0 spiro atoms. The van der Waals surface area contributed by atoms with Crippen molar-refractivity contribution in [3.8, 4) is 17.0 Å². The van der Waals surface area contributed by atoms with Gasteiger partial charge in [0, 0.05) is 17.3 Å². The fourth-order valence-electron chi connectivity index (χ4n) is 3.09. The van der Waals surface area contributed by atoms with Gasteiger partial charge in [-0.05, 0) is 47.9 Å². The minimum absolute atomic E-state index is 0.872. The van der Waals surface area contributed by atoms with Crippen LogP contribution in [0.2, 0.25) is 0 Å². The zero-order valence-electron chi connectivity index (χ0n) is 13.2. The minimum Gasteiger partial charge on any atom is -0.497 e. The molecule has 0 atom stereocenters. The van der Waals surface area contributed by atoms with E-state index in [9.17, 15) is 0 Å². The second-order valence-electron chi connectivity index (χ2n) is 5.78. The molecule has 112 valence electrons. The van der Waals surface area contributed by atoms with E-state index in [1.54, 1.807) is 7.11 Å². The molecule has 0 saturated heterocycles. The lowest BCUT2D eigenvalue weighted by atomic mass is 10.00. The summed E-state index contributed by atoms with van der Waals surface area (Å²) < 4.78 is 5.24. The predicted molar refractivity (Wildman–Crippen MR) is 94.4 cm³/mol. The van der Waals surface area contributed by atoms with Gasteiger partial charge in [0.05, 0.1) is 12.8 Å². The smallest absolute Gasteiger partial charge is 0.118 e. The van der Waals surface area contributed by atoms with Gasteiger partial charge in [0.15, 0.2) is 0 Å². The highest BCUT2D eigenvalue weighted by Gasteiger charge is 2.24. The lowest BCUT2D eigenvalue weighted by Gasteiger charge is -2.05. The summed E-state index contributed by atoms with van der Waals surface area (Å²) in [7, 11) is 1.69. The number of hydrogen-bond donors (Lipinski definition) is 0. The third-order valence-corrected chi connectivity index (χ3v) is 4.25. The van der Waals surface area contributed by atoms with Gasteiger partial charge in [-0.15, -0.1) is 0 Å². The molecule has 0 bridgehead atoms. The Morgan fingerprint density at radius 3 is 2.52 bits per heavy atom. The van der Waals surface area contributed by atoms with E-state index in [2.05, 4.69) is 54.4 Å². The maximum absolute atomic E-state index is 5.24. The van der Waals surface area contributed by atoms with Crippen molar-refractivity contribution in [3.05, 3.63) is 83.0 Å². The molecule has 2 nitrogen and oxygen atoms in total. The van der Waals surface area contributed by atoms with Crippen molar-refractivity contribution in [1.29, 1.82) is 0 Å².